The summed E-state index contributed by atoms with van der Waals surface area (Å²) in [4.78, 5) is 29.0. The number of piperidine rings is 1. The summed E-state index contributed by atoms with van der Waals surface area (Å²) in [6, 6.07) is 8.61. The largest absolute Gasteiger partial charge is 0.508 e. The SMILES string of the molecule is O=Cc1ccc(O)cc1N1CCC(COc2cc(C(CC(=O)O)C3CC3)ccn2)CC1. The van der Waals surface area contributed by atoms with E-state index in [-0.39, 0.29) is 18.1 Å². The van der Waals surface area contributed by atoms with Crippen LogP contribution in [0.25, 0.3) is 0 Å². The minimum Gasteiger partial charge on any atom is -0.508 e. The van der Waals surface area contributed by atoms with Crippen molar-refractivity contribution in [1.29, 1.82) is 0 Å². The minimum atomic E-state index is -0.771. The quantitative estimate of drug-likeness (QED) is 0.590. The molecule has 0 radical (unpaired) electrons. The van der Waals surface area contributed by atoms with Gasteiger partial charge >= 0.3 is 5.97 Å². The fourth-order valence-corrected chi connectivity index (χ4v) is 4.43. The van der Waals surface area contributed by atoms with Crippen molar-refractivity contribution >= 4 is 17.9 Å². The Balaban J connectivity index is 1.32. The van der Waals surface area contributed by atoms with Gasteiger partial charge in [-0.15, -0.1) is 0 Å². The number of phenolic OH excluding ortho intramolecular Hbond substituents is 1. The average Bonchev–Trinajstić information content (AvgIpc) is 3.62. The number of carbonyl (C=O) groups excluding carboxylic acids is 1. The van der Waals surface area contributed by atoms with Crippen LogP contribution < -0.4 is 9.64 Å². The molecule has 1 aromatic heterocycles. The third kappa shape index (κ3) is 5.34. The van der Waals surface area contributed by atoms with Gasteiger partial charge in [-0.05, 0) is 67.2 Å². The summed E-state index contributed by atoms with van der Waals surface area (Å²) in [6.45, 7) is 2.13. The Hall–Kier alpha value is -3.09. The van der Waals surface area contributed by atoms with Gasteiger partial charge in [0.2, 0.25) is 5.88 Å². The van der Waals surface area contributed by atoms with Gasteiger partial charge in [-0.1, -0.05) is 0 Å². The van der Waals surface area contributed by atoms with Crippen molar-refractivity contribution in [2.75, 3.05) is 24.6 Å². The molecule has 1 saturated heterocycles. The molecule has 2 aliphatic rings. The number of pyridine rings is 1. The maximum Gasteiger partial charge on any atom is 0.303 e. The zero-order valence-corrected chi connectivity index (χ0v) is 17.4. The van der Waals surface area contributed by atoms with Crippen molar-refractivity contribution in [1.82, 2.24) is 4.98 Å². The standard InChI is InChI=1S/C24H28N2O5/c27-14-19-3-4-20(28)12-22(19)26-9-6-16(7-10-26)15-31-23-11-18(5-8-25-23)21(13-24(29)30)17-1-2-17/h3-5,8,11-12,14,16-17,21,28H,1-2,6-7,9-10,13,15H2,(H,29,30). The van der Waals surface area contributed by atoms with Crippen LogP contribution in [0.3, 0.4) is 0 Å². The van der Waals surface area contributed by atoms with Crippen LogP contribution in [0.1, 0.15) is 53.9 Å². The first kappa shape index (κ1) is 21.2. The maximum atomic E-state index is 11.3. The van der Waals surface area contributed by atoms with Crippen molar-refractivity contribution in [3.05, 3.63) is 47.7 Å². The molecule has 2 N–H and O–H groups in total. The summed E-state index contributed by atoms with van der Waals surface area (Å²) in [5.41, 5.74) is 2.35. The molecule has 1 aromatic carbocycles. The summed E-state index contributed by atoms with van der Waals surface area (Å²) >= 11 is 0. The third-order valence-corrected chi connectivity index (χ3v) is 6.34. The van der Waals surface area contributed by atoms with Gasteiger partial charge in [0.25, 0.3) is 0 Å². The lowest BCUT2D eigenvalue weighted by Gasteiger charge is -2.34. The van der Waals surface area contributed by atoms with E-state index in [2.05, 4.69) is 9.88 Å². The Bertz CT molecular complexity index is 935. The highest BCUT2D eigenvalue weighted by Crippen LogP contribution is 2.44. The van der Waals surface area contributed by atoms with Crippen LogP contribution in [0.2, 0.25) is 0 Å². The van der Waals surface area contributed by atoms with Crippen molar-refractivity contribution < 1.29 is 24.5 Å². The maximum absolute atomic E-state index is 11.3. The second kappa shape index (κ2) is 9.37. The second-order valence-electron chi connectivity index (χ2n) is 8.57. The van der Waals surface area contributed by atoms with E-state index in [1.54, 1.807) is 18.3 Å². The van der Waals surface area contributed by atoms with Gasteiger partial charge in [0.15, 0.2) is 6.29 Å². The molecule has 7 nitrogen and oxygen atoms in total. The molecule has 1 atom stereocenters. The molecular formula is C24H28N2O5. The molecule has 1 unspecified atom stereocenters. The van der Waals surface area contributed by atoms with Crippen molar-refractivity contribution in [2.24, 2.45) is 11.8 Å². The molecule has 1 aliphatic heterocycles. The number of carboxylic acid groups (broad SMARTS) is 1. The number of carbonyl (C=O) groups is 2. The van der Waals surface area contributed by atoms with Gasteiger partial charge in [-0.2, -0.15) is 0 Å². The Morgan fingerprint density at radius 3 is 2.65 bits per heavy atom. The minimum absolute atomic E-state index is 0.0281. The monoisotopic (exact) mass is 424 g/mol. The fraction of sp³-hybridized carbons (Fsp3) is 0.458. The van der Waals surface area contributed by atoms with Crippen molar-refractivity contribution in [3.63, 3.8) is 0 Å². The van der Waals surface area contributed by atoms with Gasteiger partial charge in [0, 0.05) is 37.0 Å². The first-order valence-electron chi connectivity index (χ1n) is 10.9. The van der Waals surface area contributed by atoms with Crippen LogP contribution in [-0.4, -0.2) is 47.1 Å². The van der Waals surface area contributed by atoms with Crippen LogP contribution in [0.5, 0.6) is 11.6 Å². The Morgan fingerprint density at radius 2 is 1.97 bits per heavy atom. The predicted molar refractivity (Wildman–Crippen MR) is 116 cm³/mol. The highest BCUT2D eigenvalue weighted by Gasteiger charge is 2.34. The lowest BCUT2D eigenvalue weighted by Crippen LogP contribution is -2.36. The number of aliphatic carboxylic acids is 1. The van der Waals surface area contributed by atoms with Crippen LogP contribution in [0.15, 0.2) is 36.5 Å². The van der Waals surface area contributed by atoms with E-state index in [1.165, 1.54) is 6.07 Å². The number of aromatic hydroxyl groups is 1. The number of hydrogen-bond acceptors (Lipinski definition) is 6. The first-order chi connectivity index (χ1) is 15.0. The average molecular weight is 424 g/mol. The van der Waals surface area contributed by atoms with Crippen LogP contribution >= 0.6 is 0 Å². The third-order valence-electron chi connectivity index (χ3n) is 6.34. The summed E-state index contributed by atoms with van der Waals surface area (Å²) in [6.07, 6.45) is 6.66. The van der Waals surface area contributed by atoms with Crippen LogP contribution in [0.4, 0.5) is 5.69 Å². The molecule has 0 spiro atoms. The highest BCUT2D eigenvalue weighted by molar-refractivity contribution is 5.85. The molecule has 1 aliphatic carbocycles. The topological polar surface area (TPSA) is 100.0 Å². The van der Waals surface area contributed by atoms with E-state index in [9.17, 15) is 19.8 Å². The number of aldehydes is 1. The van der Waals surface area contributed by atoms with Gasteiger partial charge in [-0.3, -0.25) is 9.59 Å². The van der Waals surface area contributed by atoms with Crippen LogP contribution in [-0.2, 0) is 4.79 Å². The molecule has 31 heavy (non-hydrogen) atoms. The molecule has 0 amide bonds. The number of rotatable bonds is 9. The molecule has 1 saturated carbocycles. The predicted octanol–water partition coefficient (Wildman–Crippen LogP) is 3.86. The molecule has 2 fully saturated rings. The summed E-state index contributed by atoms with van der Waals surface area (Å²) in [5.74, 6) is 0.783. The molecule has 164 valence electrons. The number of anilines is 1. The molecule has 0 bridgehead atoms. The zero-order chi connectivity index (χ0) is 21.8. The highest BCUT2D eigenvalue weighted by atomic mass is 16.5. The number of hydrogen-bond donors (Lipinski definition) is 2. The lowest BCUT2D eigenvalue weighted by atomic mass is 9.92. The Kier molecular flexibility index (Phi) is 6.39. The van der Waals surface area contributed by atoms with E-state index in [0.29, 0.717) is 29.9 Å². The lowest BCUT2D eigenvalue weighted by molar-refractivity contribution is -0.137. The van der Waals surface area contributed by atoms with Gasteiger partial charge in [0.1, 0.15) is 5.75 Å². The Morgan fingerprint density at radius 1 is 1.19 bits per heavy atom. The first-order valence-corrected chi connectivity index (χ1v) is 10.9. The number of aromatic nitrogens is 1. The number of benzene rings is 1. The normalized spacial score (nSPS) is 17.9. The van der Waals surface area contributed by atoms with Crippen molar-refractivity contribution in [2.45, 2.75) is 38.0 Å². The molecular weight excluding hydrogens is 396 g/mol. The molecule has 2 aromatic rings. The summed E-state index contributed by atoms with van der Waals surface area (Å²) < 4.78 is 5.97. The number of carboxylic acids is 1. The van der Waals surface area contributed by atoms with Gasteiger partial charge < -0.3 is 19.8 Å². The smallest absolute Gasteiger partial charge is 0.303 e. The molecule has 4 rings (SSSR count). The fourth-order valence-electron chi connectivity index (χ4n) is 4.43. The number of phenols is 1. The van der Waals surface area contributed by atoms with Gasteiger partial charge in [-0.25, -0.2) is 4.98 Å². The van der Waals surface area contributed by atoms with Gasteiger partial charge in [0.05, 0.1) is 18.7 Å². The molecule has 7 heteroatoms. The summed E-state index contributed by atoms with van der Waals surface area (Å²) in [7, 11) is 0. The van der Waals surface area contributed by atoms with Crippen molar-refractivity contribution in [3.8, 4) is 11.6 Å². The van der Waals surface area contributed by atoms with Crippen LogP contribution in [0, 0.1) is 11.8 Å². The van der Waals surface area contributed by atoms with E-state index in [4.69, 9.17) is 4.74 Å². The summed E-state index contributed by atoms with van der Waals surface area (Å²) in [5, 5.41) is 19.0. The van der Waals surface area contributed by atoms with E-state index >= 15 is 0 Å². The number of ether oxygens (including phenoxy) is 1. The molecule has 2 heterocycles. The number of nitrogens with zero attached hydrogens (tertiary/aromatic N) is 2. The van der Waals surface area contributed by atoms with E-state index in [0.717, 1.165) is 56.3 Å². The van der Waals surface area contributed by atoms with E-state index < -0.39 is 5.97 Å². The zero-order valence-electron chi connectivity index (χ0n) is 17.4. The Labute approximate surface area is 181 Å². The second-order valence-corrected chi connectivity index (χ2v) is 8.57. The van der Waals surface area contributed by atoms with E-state index in [1.807, 2.05) is 12.1 Å².